The molecule has 0 aliphatic carbocycles. The molecule has 0 fully saturated rings. The first-order chi connectivity index (χ1) is 6.16. The minimum Gasteiger partial charge on any atom is -0.380 e. The molecule has 0 unspecified atom stereocenters. The van der Waals surface area contributed by atoms with Crippen LogP contribution in [-0.2, 0) is 4.74 Å². The van der Waals surface area contributed by atoms with Crippen LogP contribution < -0.4 is 11.2 Å². The Morgan fingerprint density at radius 2 is 2.23 bits per heavy atom. The van der Waals surface area contributed by atoms with Crippen molar-refractivity contribution in [2.24, 2.45) is 16.6 Å². The fourth-order valence-corrected chi connectivity index (χ4v) is 0.687. The van der Waals surface area contributed by atoms with Gasteiger partial charge >= 0.3 is 0 Å². The third-order valence-electron chi connectivity index (χ3n) is 1.47. The summed E-state index contributed by atoms with van der Waals surface area (Å²) >= 11 is 0. The molecular formula is C8H19N3O2. The van der Waals surface area contributed by atoms with E-state index in [-0.39, 0.29) is 5.96 Å². The quantitative estimate of drug-likeness (QED) is 0.244. The number of guanidine groups is 1. The van der Waals surface area contributed by atoms with Crippen molar-refractivity contribution in [1.29, 1.82) is 0 Å². The average Bonchev–Trinajstić information content (AvgIpc) is 2.10. The van der Waals surface area contributed by atoms with Gasteiger partial charge in [0, 0.05) is 6.61 Å². The van der Waals surface area contributed by atoms with Crippen molar-refractivity contribution >= 4 is 5.96 Å². The topological polar surface area (TPSA) is 79.9 Å². The van der Waals surface area contributed by atoms with Gasteiger partial charge in [0.25, 0.3) is 0 Å². The van der Waals surface area contributed by atoms with Crippen LogP contribution in [0.5, 0.6) is 0 Å². The van der Waals surface area contributed by atoms with Crippen molar-refractivity contribution in [1.82, 2.24) is 5.48 Å². The number of aliphatic imine (C=N–C) groups is 1. The van der Waals surface area contributed by atoms with Crippen molar-refractivity contribution in [2.45, 2.75) is 20.3 Å². The molecule has 0 aliphatic rings. The minimum atomic E-state index is 0.0208. The molecule has 0 spiro atoms. The van der Waals surface area contributed by atoms with Crippen LogP contribution in [-0.4, -0.2) is 30.9 Å². The first-order valence-electron chi connectivity index (χ1n) is 4.44. The maximum absolute atomic E-state index is 8.26. The van der Waals surface area contributed by atoms with E-state index in [1.165, 1.54) is 0 Å². The predicted octanol–water partition coefficient (Wildman–Crippen LogP) is 0.343. The van der Waals surface area contributed by atoms with Crippen molar-refractivity contribution in [2.75, 3.05) is 19.8 Å². The molecule has 0 atom stereocenters. The molecule has 78 valence electrons. The normalized spacial score (nSPS) is 12.2. The first kappa shape index (κ1) is 12.2. The summed E-state index contributed by atoms with van der Waals surface area (Å²) in [5, 5.41) is 8.26. The van der Waals surface area contributed by atoms with E-state index in [0.717, 1.165) is 13.0 Å². The lowest BCUT2D eigenvalue weighted by Crippen LogP contribution is -2.28. The summed E-state index contributed by atoms with van der Waals surface area (Å²) in [5.74, 6) is 0.681. The summed E-state index contributed by atoms with van der Waals surface area (Å²) in [6, 6.07) is 0. The van der Waals surface area contributed by atoms with Crippen LogP contribution in [0.4, 0.5) is 0 Å². The number of nitrogens with zero attached hydrogens (tertiary/aromatic N) is 1. The predicted molar refractivity (Wildman–Crippen MR) is 51.7 cm³/mol. The van der Waals surface area contributed by atoms with Gasteiger partial charge in [-0.05, 0) is 12.3 Å². The fourth-order valence-electron chi connectivity index (χ4n) is 0.687. The van der Waals surface area contributed by atoms with Gasteiger partial charge < -0.3 is 10.5 Å². The van der Waals surface area contributed by atoms with Gasteiger partial charge in [0.1, 0.15) is 0 Å². The van der Waals surface area contributed by atoms with E-state index in [1.54, 1.807) is 5.48 Å². The van der Waals surface area contributed by atoms with Crippen LogP contribution in [0.25, 0.3) is 0 Å². The Kier molecular flexibility index (Phi) is 7.33. The molecule has 13 heavy (non-hydrogen) atoms. The highest BCUT2D eigenvalue weighted by Crippen LogP contribution is 1.98. The highest BCUT2D eigenvalue weighted by Gasteiger charge is 1.93. The number of nitrogens with two attached hydrogens (primary N) is 1. The van der Waals surface area contributed by atoms with Gasteiger partial charge in [-0.3, -0.25) is 5.21 Å². The van der Waals surface area contributed by atoms with Gasteiger partial charge in [-0.1, -0.05) is 13.8 Å². The summed E-state index contributed by atoms with van der Waals surface area (Å²) in [6.45, 7) is 6.05. The zero-order valence-electron chi connectivity index (χ0n) is 8.29. The van der Waals surface area contributed by atoms with Crippen LogP contribution in [0.1, 0.15) is 20.3 Å². The lowest BCUT2D eigenvalue weighted by atomic mass is 10.1. The molecule has 5 heteroatoms. The standard InChI is InChI=1S/C8H19N3O2/c1-7(2)3-5-13-6-4-10-8(9)11-12/h7,12H,3-6H2,1-2H3,(H3,9,10,11). The Hall–Kier alpha value is -0.810. The van der Waals surface area contributed by atoms with Crippen LogP contribution in [0.2, 0.25) is 0 Å². The molecule has 0 rings (SSSR count). The zero-order valence-corrected chi connectivity index (χ0v) is 8.29. The van der Waals surface area contributed by atoms with E-state index in [9.17, 15) is 0 Å². The van der Waals surface area contributed by atoms with Crippen LogP contribution in [0.15, 0.2) is 4.99 Å². The highest BCUT2D eigenvalue weighted by molar-refractivity contribution is 5.76. The summed E-state index contributed by atoms with van der Waals surface area (Å²) in [7, 11) is 0. The molecule has 5 nitrogen and oxygen atoms in total. The van der Waals surface area contributed by atoms with Crippen LogP contribution in [0.3, 0.4) is 0 Å². The van der Waals surface area contributed by atoms with Gasteiger partial charge in [0.05, 0.1) is 13.2 Å². The largest absolute Gasteiger partial charge is 0.380 e. The van der Waals surface area contributed by atoms with Crippen molar-refractivity contribution < 1.29 is 9.94 Å². The molecule has 0 bridgehead atoms. The van der Waals surface area contributed by atoms with Gasteiger partial charge in [0.15, 0.2) is 0 Å². The molecule has 0 radical (unpaired) electrons. The highest BCUT2D eigenvalue weighted by atomic mass is 16.5. The van der Waals surface area contributed by atoms with Gasteiger partial charge in [-0.15, -0.1) is 0 Å². The maximum Gasteiger partial charge on any atom is 0.212 e. The third kappa shape index (κ3) is 9.10. The van der Waals surface area contributed by atoms with E-state index in [4.69, 9.17) is 15.7 Å². The van der Waals surface area contributed by atoms with E-state index >= 15 is 0 Å². The van der Waals surface area contributed by atoms with E-state index < -0.39 is 0 Å². The van der Waals surface area contributed by atoms with E-state index in [1.807, 2.05) is 0 Å². The second-order valence-corrected chi connectivity index (χ2v) is 3.17. The summed E-state index contributed by atoms with van der Waals surface area (Å²) in [5.41, 5.74) is 6.92. The summed E-state index contributed by atoms with van der Waals surface area (Å²) in [4.78, 5) is 3.77. The summed E-state index contributed by atoms with van der Waals surface area (Å²) in [6.07, 6.45) is 1.05. The smallest absolute Gasteiger partial charge is 0.212 e. The molecule has 0 aromatic carbocycles. The maximum atomic E-state index is 8.26. The molecule has 4 N–H and O–H groups in total. The Bertz CT molecular complexity index is 148. The number of hydroxylamine groups is 1. The lowest BCUT2D eigenvalue weighted by Gasteiger charge is -2.04. The first-order valence-corrected chi connectivity index (χ1v) is 4.44. The molecule has 0 saturated heterocycles. The minimum absolute atomic E-state index is 0.0208. The van der Waals surface area contributed by atoms with Crippen molar-refractivity contribution in [3.63, 3.8) is 0 Å². The lowest BCUT2D eigenvalue weighted by molar-refractivity contribution is 0.130. The fraction of sp³-hybridized carbons (Fsp3) is 0.875. The number of nitrogens with one attached hydrogen (secondary N) is 1. The molecule has 0 amide bonds. The number of rotatable bonds is 6. The number of hydrogen-bond donors (Lipinski definition) is 3. The average molecular weight is 189 g/mol. The molecule has 0 aliphatic heterocycles. The molecule has 0 saturated carbocycles. The molecule has 0 heterocycles. The van der Waals surface area contributed by atoms with Crippen LogP contribution in [0, 0.1) is 5.92 Å². The van der Waals surface area contributed by atoms with E-state index in [2.05, 4.69) is 18.8 Å². The van der Waals surface area contributed by atoms with Gasteiger partial charge in [-0.25, -0.2) is 10.5 Å². The Balaban J connectivity index is 3.17. The zero-order chi connectivity index (χ0) is 10.1. The monoisotopic (exact) mass is 189 g/mol. The second kappa shape index (κ2) is 7.82. The molecular weight excluding hydrogens is 170 g/mol. The summed E-state index contributed by atoms with van der Waals surface area (Å²) < 4.78 is 5.27. The number of hydrogen-bond acceptors (Lipinski definition) is 3. The van der Waals surface area contributed by atoms with Crippen LogP contribution >= 0.6 is 0 Å². The Morgan fingerprint density at radius 3 is 2.77 bits per heavy atom. The van der Waals surface area contributed by atoms with Crippen molar-refractivity contribution in [3.05, 3.63) is 0 Å². The molecule has 0 aromatic rings. The third-order valence-corrected chi connectivity index (χ3v) is 1.47. The van der Waals surface area contributed by atoms with E-state index in [0.29, 0.717) is 19.1 Å². The van der Waals surface area contributed by atoms with Crippen molar-refractivity contribution in [3.8, 4) is 0 Å². The van der Waals surface area contributed by atoms with Gasteiger partial charge in [-0.2, -0.15) is 0 Å². The Labute approximate surface area is 78.9 Å². The second-order valence-electron chi connectivity index (χ2n) is 3.17. The SMILES string of the molecule is CC(C)CCOCCN=C(N)NO. The Morgan fingerprint density at radius 1 is 1.54 bits per heavy atom. The number of ether oxygens (including phenoxy) is 1. The molecule has 0 aromatic heterocycles. The van der Waals surface area contributed by atoms with Gasteiger partial charge in [0.2, 0.25) is 5.96 Å².